The normalized spacial score (nSPS) is 19.1. The van der Waals surface area contributed by atoms with Gasteiger partial charge in [-0.2, -0.15) is 0 Å². The number of aliphatic hydroxyl groups excluding tert-OH is 1. The number of ether oxygens (including phenoxy) is 4. The lowest BCUT2D eigenvalue weighted by Crippen LogP contribution is -2.14. The molecule has 1 saturated heterocycles. The SMILES string of the molecule is COc1ccc(COC[C@@H]2O[C@H]2C/C=C/CC[C@H](O)COCc2ccccc2)cc1. The number of rotatable bonds is 14. The molecular weight excluding hydrogens is 380 g/mol. The predicted molar refractivity (Wildman–Crippen MR) is 116 cm³/mol. The lowest BCUT2D eigenvalue weighted by molar-refractivity contribution is 0.0250. The quantitative estimate of drug-likeness (QED) is 0.371. The monoisotopic (exact) mass is 412 g/mol. The first-order chi connectivity index (χ1) is 14.7. The number of hydrogen-bond donors (Lipinski definition) is 1. The number of aliphatic hydroxyl groups is 1. The van der Waals surface area contributed by atoms with Crippen molar-refractivity contribution in [1.29, 1.82) is 0 Å². The Morgan fingerprint density at radius 3 is 2.43 bits per heavy atom. The van der Waals surface area contributed by atoms with Crippen molar-refractivity contribution in [3.8, 4) is 5.75 Å². The first-order valence-electron chi connectivity index (χ1n) is 10.6. The summed E-state index contributed by atoms with van der Waals surface area (Å²) in [6.45, 7) is 2.09. The van der Waals surface area contributed by atoms with E-state index in [4.69, 9.17) is 18.9 Å². The highest BCUT2D eigenvalue weighted by Gasteiger charge is 2.37. The van der Waals surface area contributed by atoms with E-state index >= 15 is 0 Å². The summed E-state index contributed by atoms with van der Waals surface area (Å²) in [5, 5.41) is 10.0. The molecule has 5 nitrogen and oxygen atoms in total. The van der Waals surface area contributed by atoms with Gasteiger partial charge in [0.2, 0.25) is 0 Å². The van der Waals surface area contributed by atoms with Gasteiger partial charge in [-0.1, -0.05) is 54.6 Å². The van der Waals surface area contributed by atoms with Crippen LogP contribution in [0.25, 0.3) is 0 Å². The maximum absolute atomic E-state index is 10.0. The van der Waals surface area contributed by atoms with E-state index in [9.17, 15) is 5.11 Å². The Morgan fingerprint density at radius 2 is 1.67 bits per heavy atom. The summed E-state index contributed by atoms with van der Waals surface area (Å²) in [5.41, 5.74) is 2.25. The molecule has 0 bridgehead atoms. The van der Waals surface area contributed by atoms with E-state index in [1.807, 2.05) is 54.6 Å². The molecule has 3 atom stereocenters. The molecule has 0 aromatic heterocycles. The largest absolute Gasteiger partial charge is 0.497 e. The van der Waals surface area contributed by atoms with Crippen LogP contribution in [0.2, 0.25) is 0 Å². The molecule has 5 heteroatoms. The van der Waals surface area contributed by atoms with Gasteiger partial charge in [-0.25, -0.2) is 0 Å². The van der Waals surface area contributed by atoms with Gasteiger partial charge >= 0.3 is 0 Å². The molecule has 3 rings (SSSR count). The zero-order valence-corrected chi connectivity index (χ0v) is 17.6. The van der Waals surface area contributed by atoms with Gasteiger partial charge in [-0.3, -0.25) is 0 Å². The molecule has 30 heavy (non-hydrogen) atoms. The van der Waals surface area contributed by atoms with Gasteiger partial charge in [0.15, 0.2) is 0 Å². The first-order valence-corrected chi connectivity index (χ1v) is 10.6. The van der Waals surface area contributed by atoms with Crippen LogP contribution < -0.4 is 4.74 Å². The fourth-order valence-corrected chi connectivity index (χ4v) is 3.15. The molecule has 2 aromatic carbocycles. The van der Waals surface area contributed by atoms with Gasteiger partial charge in [0.25, 0.3) is 0 Å². The van der Waals surface area contributed by atoms with Gasteiger partial charge in [-0.05, 0) is 42.5 Å². The van der Waals surface area contributed by atoms with Crippen LogP contribution in [0.5, 0.6) is 5.75 Å². The second-order valence-corrected chi connectivity index (χ2v) is 7.52. The molecule has 0 aliphatic carbocycles. The van der Waals surface area contributed by atoms with Crippen molar-refractivity contribution in [2.45, 2.75) is 50.8 Å². The van der Waals surface area contributed by atoms with E-state index < -0.39 is 6.10 Å². The van der Waals surface area contributed by atoms with Crippen molar-refractivity contribution in [3.05, 3.63) is 77.9 Å². The highest BCUT2D eigenvalue weighted by molar-refractivity contribution is 5.26. The third-order valence-electron chi connectivity index (χ3n) is 5.02. The van der Waals surface area contributed by atoms with E-state index in [0.717, 1.165) is 29.7 Å². The molecule has 1 fully saturated rings. The number of hydrogen-bond acceptors (Lipinski definition) is 5. The molecule has 0 spiro atoms. The summed E-state index contributed by atoms with van der Waals surface area (Å²) in [5.74, 6) is 0.850. The van der Waals surface area contributed by atoms with Crippen LogP contribution in [-0.2, 0) is 27.4 Å². The van der Waals surface area contributed by atoms with E-state index in [1.165, 1.54) is 0 Å². The maximum atomic E-state index is 10.0. The van der Waals surface area contributed by atoms with Crippen molar-refractivity contribution in [2.24, 2.45) is 0 Å². The average molecular weight is 413 g/mol. The van der Waals surface area contributed by atoms with Crippen LogP contribution >= 0.6 is 0 Å². The Labute approximate surface area is 179 Å². The van der Waals surface area contributed by atoms with Crippen molar-refractivity contribution in [1.82, 2.24) is 0 Å². The van der Waals surface area contributed by atoms with Crippen LogP contribution in [0.15, 0.2) is 66.7 Å². The summed E-state index contributed by atoms with van der Waals surface area (Å²) in [6.07, 6.45) is 6.66. The molecule has 0 saturated carbocycles. The third kappa shape index (κ3) is 8.28. The predicted octanol–water partition coefficient (Wildman–Crippen LogP) is 4.28. The van der Waals surface area contributed by atoms with Gasteiger partial charge in [0, 0.05) is 0 Å². The highest BCUT2D eigenvalue weighted by Crippen LogP contribution is 2.26. The number of benzene rings is 2. The van der Waals surface area contributed by atoms with Crippen molar-refractivity contribution < 1.29 is 24.1 Å². The summed E-state index contributed by atoms with van der Waals surface area (Å²) in [4.78, 5) is 0. The van der Waals surface area contributed by atoms with Gasteiger partial charge < -0.3 is 24.1 Å². The maximum Gasteiger partial charge on any atom is 0.118 e. The minimum Gasteiger partial charge on any atom is -0.497 e. The topological polar surface area (TPSA) is 60.5 Å². The molecule has 1 N–H and O–H groups in total. The van der Waals surface area contributed by atoms with Crippen LogP contribution in [0.3, 0.4) is 0 Å². The van der Waals surface area contributed by atoms with Crippen LogP contribution in [0, 0.1) is 0 Å². The number of allylic oxidation sites excluding steroid dienone is 1. The molecule has 0 radical (unpaired) electrons. The fraction of sp³-hybridized carbons (Fsp3) is 0.440. The standard InChI is InChI=1S/C25H32O5/c1-27-23-14-12-21(13-15-23)17-29-19-25-24(30-25)11-7-3-6-10-22(26)18-28-16-20-8-4-2-5-9-20/h2-5,7-9,12-15,22,24-26H,6,10-11,16-19H2,1H3/b7-3+/t22-,24-,25-/m0/s1. The number of epoxide rings is 1. The molecular formula is C25H32O5. The van der Waals surface area contributed by atoms with Gasteiger partial charge in [0.05, 0.1) is 45.7 Å². The highest BCUT2D eigenvalue weighted by atomic mass is 16.6. The second kappa shape index (κ2) is 12.5. The minimum absolute atomic E-state index is 0.185. The molecule has 1 aliphatic heterocycles. The van der Waals surface area contributed by atoms with Crippen molar-refractivity contribution in [2.75, 3.05) is 20.3 Å². The molecule has 2 aromatic rings. The first kappa shape index (κ1) is 22.5. The molecule has 0 amide bonds. The van der Waals surface area contributed by atoms with Gasteiger partial charge in [-0.15, -0.1) is 0 Å². The molecule has 1 heterocycles. The Kier molecular flexibility index (Phi) is 9.38. The lowest BCUT2D eigenvalue weighted by atomic mass is 10.1. The Bertz CT molecular complexity index is 744. The summed E-state index contributed by atoms with van der Waals surface area (Å²) >= 11 is 0. The number of methoxy groups -OCH3 is 1. The smallest absolute Gasteiger partial charge is 0.118 e. The second-order valence-electron chi connectivity index (χ2n) is 7.52. The summed E-state index contributed by atoms with van der Waals surface area (Å²) in [6, 6.07) is 17.9. The zero-order valence-electron chi connectivity index (χ0n) is 17.6. The third-order valence-corrected chi connectivity index (χ3v) is 5.02. The van der Waals surface area contributed by atoms with E-state index in [-0.39, 0.29) is 12.2 Å². The Balaban J connectivity index is 1.18. The van der Waals surface area contributed by atoms with E-state index in [2.05, 4.69) is 12.2 Å². The zero-order chi connectivity index (χ0) is 21.0. The van der Waals surface area contributed by atoms with E-state index in [0.29, 0.717) is 32.8 Å². The molecule has 162 valence electrons. The summed E-state index contributed by atoms with van der Waals surface area (Å²) < 4.78 is 22.1. The Hall–Kier alpha value is -2.18. The van der Waals surface area contributed by atoms with Crippen molar-refractivity contribution in [3.63, 3.8) is 0 Å². The molecule has 1 aliphatic rings. The average Bonchev–Trinajstić information content (AvgIpc) is 3.53. The fourth-order valence-electron chi connectivity index (χ4n) is 3.15. The lowest BCUT2D eigenvalue weighted by Gasteiger charge is -2.10. The van der Waals surface area contributed by atoms with Crippen LogP contribution in [0.1, 0.15) is 30.4 Å². The minimum atomic E-state index is -0.436. The van der Waals surface area contributed by atoms with E-state index in [1.54, 1.807) is 7.11 Å². The van der Waals surface area contributed by atoms with Gasteiger partial charge in [0.1, 0.15) is 11.9 Å². The van der Waals surface area contributed by atoms with Crippen LogP contribution in [-0.4, -0.2) is 43.7 Å². The summed E-state index contributed by atoms with van der Waals surface area (Å²) in [7, 11) is 1.66. The van der Waals surface area contributed by atoms with Crippen LogP contribution in [0.4, 0.5) is 0 Å². The molecule has 0 unspecified atom stereocenters. The Morgan fingerprint density at radius 1 is 0.933 bits per heavy atom. The van der Waals surface area contributed by atoms with Crippen molar-refractivity contribution >= 4 is 0 Å².